The van der Waals surface area contributed by atoms with Gasteiger partial charge in [-0.2, -0.15) is 0 Å². The monoisotopic (exact) mass is 324 g/mol. The highest BCUT2D eigenvalue weighted by molar-refractivity contribution is 7.12. The Labute approximate surface area is 130 Å². The molecule has 7 heteroatoms. The Morgan fingerprint density at radius 2 is 2.19 bits per heavy atom. The van der Waals surface area contributed by atoms with Gasteiger partial charge in [0, 0.05) is 18.1 Å². The van der Waals surface area contributed by atoms with Crippen molar-refractivity contribution in [1.82, 2.24) is 9.88 Å². The lowest BCUT2D eigenvalue weighted by atomic mass is 10.2. The van der Waals surface area contributed by atoms with Gasteiger partial charge in [-0.1, -0.05) is 0 Å². The highest BCUT2D eigenvalue weighted by Crippen LogP contribution is 2.17. The number of aliphatic hydroxyl groups excluding tert-OH is 1. The van der Waals surface area contributed by atoms with Crippen LogP contribution >= 0.6 is 22.7 Å². The second kappa shape index (κ2) is 7.44. The fourth-order valence-electron chi connectivity index (χ4n) is 1.85. The molecule has 0 atom stereocenters. The maximum Gasteiger partial charge on any atom is 0.227 e. The summed E-state index contributed by atoms with van der Waals surface area (Å²) in [5.74, 6) is -0.0687. The Hall–Kier alpha value is -1.57. The molecular weight excluding hydrogens is 308 g/mol. The lowest BCUT2D eigenvalue weighted by Crippen LogP contribution is -2.34. The van der Waals surface area contributed by atoms with Gasteiger partial charge >= 0.3 is 0 Å². The van der Waals surface area contributed by atoms with E-state index >= 15 is 0 Å². The Bertz CT molecular complexity index is 608. The van der Waals surface area contributed by atoms with E-state index in [0.717, 1.165) is 10.6 Å². The quantitative estimate of drug-likeness (QED) is 0.791. The number of rotatable bonds is 7. The summed E-state index contributed by atoms with van der Waals surface area (Å²) in [7, 11) is 0. The second-order valence-corrected chi connectivity index (χ2v) is 6.41. The van der Waals surface area contributed by atoms with E-state index in [1.807, 2.05) is 10.8 Å². The van der Waals surface area contributed by atoms with E-state index in [0.29, 0.717) is 11.4 Å². The minimum absolute atomic E-state index is 0.00805. The highest BCUT2D eigenvalue weighted by atomic mass is 32.1. The van der Waals surface area contributed by atoms with Crippen LogP contribution in [0.5, 0.6) is 0 Å². The number of nitrogens with zero attached hydrogens (tertiary/aromatic N) is 2. The fourth-order valence-corrected chi connectivity index (χ4v) is 3.29. The Balaban J connectivity index is 2.01. The first kappa shape index (κ1) is 15.8. The number of aromatic nitrogens is 1. The van der Waals surface area contributed by atoms with Gasteiger partial charge in [0.1, 0.15) is 5.01 Å². The van der Waals surface area contributed by atoms with Crippen LogP contribution in [0.3, 0.4) is 0 Å². The van der Waals surface area contributed by atoms with Crippen LogP contribution in [-0.4, -0.2) is 39.8 Å². The molecule has 1 amide bonds. The molecular formula is C14H16N2O3S2. The normalized spacial score (nSPS) is 10.6. The molecule has 2 heterocycles. The maximum atomic E-state index is 12.3. The molecule has 5 nitrogen and oxygen atoms in total. The van der Waals surface area contributed by atoms with Crippen molar-refractivity contribution < 1.29 is 14.7 Å². The van der Waals surface area contributed by atoms with Gasteiger partial charge in [0.2, 0.25) is 5.91 Å². The molecule has 21 heavy (non-hydrogen) atoms. The summed E-state index contributed by atoms with van der Waals surface area (Å²) in [5, 5.41) is 13.6. The molecule has 1 N–H and O–H groups in total. The SMILES string of the molecule is CC(=O)c1cc(CC(=O)N(CCO)Cc2nccs2)cs1. The molecule has 2 rings (SSSR count). The zero-order chi connectivity index (χ0) is 15.2. The molecule has 2 aromatic heterocycles. The van der Waals surface area contributed by atoms with Crippen molar-refractivity contribution in [2.45, 2.75) is 19.9 Å². The zero-order valence-electron chi connectivity index (χ0n) is 11.6. The van der Waals surface area contributed by atoms with E-state index in [-0.39, 0.29) is 31.3 Å². The minimum Gasteiger partial charge on any atom is -0.395 e. The maximum absolute atomic E-state index is 12.3. The van der Waals surface area contributed by atoms with Gasteiger partial charge < -0.3 is 10.0 Å². The zero-order valence-corrected chi connectivity index (χ0v) is 13.2. The topological polar surface area (TPSA) is 70.5 Å². The van der Waals surface area contributed by atoms with Crippen LogP contribution in [0.15, 0.2) is 23.0 Å². The summed E-state index contributed by atoms with van der Waals surface area (Å²) in [6.45, 7) is 2.11. The van der Waals surface area contributed by atoms with Crippen LogP contribution in [0.2, 0.25) is 0 Å². The summed E-state index contributed by atoms with van der Waals surface area (Å²) in [6, 6.07) is 1.76. The number of thiazole rings is 1. The van der Waals surface area contributed by atoms with E-state index in [1.165, 1.54) is 29.6 Å². The van der Waals surface area contributed by atoms with Crippen LogP contribution in [0.1, 0.15) is 27.2 Å². The van der Waals surface area contributed by atoms with Crippen LogP contribution in [-0.2, 0) is 17.8 Å². The van der Waals surface area contributed by atoms with E-state index in [1.54, 1.807) is 17.2 Å². The molecule has 0 aromatic carbocycles. The predicted octanol–water partition coefficient (Wildman–Crippen LogP) is 1.97. The molecule has 0 bridgehead atoms. The third kappa shape index (κ3) is 4.45. The lowest BCUT2D eigenvalue weighted by molar-refractivity contribution is -0.131. The number of Topliss-reactive ketones (excluding diaryl/α,β-unsaturated/α-hetero) is 1. The molecule has 0 aliphatic rings. The fraction of sp³-hybridized carbons (Fsp3) is 0.357. The summed E-state index contributed by atoms with van der Waals surface area (Å²) < 4.78 is 0. The van der Waals surface area contributed by atoms with Crippen molar-refractivity contribution in [3.05, 3.63) is 38.5 Å². The number of carbonyl (C=O) groups is 2. The number of amides is 1. The van der Waals surface area contributed by atoms with E-state index < -0.39 is 0 Å². The number of thiophene rings is 1. The number of carbonyl (C=O) groups excluding carboxylic acids is 2. The van der Waals surface area contributed by atoms with E-state index in [2.05, 4.69) is 4.98 Å². The number of hydrogen-bond acceptors (Lipinski definition) is 6. The first-order chi connectivity index (χ1) is 10.1. The third-order valence-electron chi connectivity index (χ3n) is 2.89. The van der Waals surface area contributed by atoms with Gasteiger partial charge in [0.25, 0.3) is 0 Å². The standard InChI is InChI=1S/C14H16N2O3S2/c1-10(18)12-6-11(9-21-12)7-14(19)16(3-4-17)8-13-15-2-5-20-13/h2,5-6,9,17H,3-4,7-8H2,1H3. The summed E-state index contributed by atoms with van der Waals surface area (Å²) in [4.78, 5) is 30.0. The van der Waals surface area contributed by atoms with Crippen LogP contribution < -0.4 is 0 Å². The van der Waals surface area contributed by atoms with Gasteiger partial charge in [0.05, 0.1) is 24.4 Å². The van der Waals surface area contributed by atoms with Crippen molar-refractivity contribution in [2.75, 3.05) is 13.2 Å². The average Bonchev–Trinajstić information content (AvgIpc) is 3.09. The summed E-state index contributed by atoms with van der Waals surface area (Å²) >= 11 is 2.83. The molecule has 2 aromatic rings. The molecule has 0 aliphatic heterocycles. The molecule has 0 unspecified atom stereocenters. The number of aliphatic hydroxyl groups is 1. The summed E-state index contributed by atoms with van der Waals surface area (Å²) in [6.07, 6.45) is 1.93. The third-order valence-corrected chi connectivity index (χ3v) is 4.73. The van der Waals surface area contributed by atoms with Crippen LogP contribution in [0.25, 0.3) is 0 Å². The predicted molar refractivity (Wildman–Crippen MR) is 82.6 cm³/mol. The smallest absolute Gasteiger partial charge is 0.227 e. The molecule has 0 saturated carbocycles. The van der Waals surface area contributed by atoms with Crippen LogP contribution in [0, 0.1) is 0 Å². The second-order valence-electron chi connectivity index (χ2n) is 4.52. The largest absolute Gasteiger partial charge is 0.395 e. The van der Waals surface area contributed by atoms with Crippen molar-refractivity contribution in [1.29, 1.82) is 0 Å². The van der Waals surface area contributed by atoms with Gasteiger partial charge in [-0.3, -0.25) is 9.59 Å². The molecule has 0 radical (unpaired) electrons. The Morgan fingerprint density at radius 3 is 2.76 bits per heavy atom. The molecule has 112 valence electrons. The van der Waals surface area contributed by atoms with Crippen molar-refractivity contribution in [2.24, 2.45) is 0 Å². The van der Waals surface area contributed by atoms with E-state index in [9.17, 15) is 9.59 Å². The van der Waals surface area contributed by atoms with Crippen molar-refractivity contribution in [3.63, 3.8) is 0 Å². The van der Waals surface area contributed by atoms with Gasteiger partial charge in [0.15, 0.2) is 5.78 Å². The van der Waals surface area contributed by atoms with Crippen molar-refractivity contribution in [3.8, 4) is 0 Å². The minimum atomic E-state index is -0.0839. The highest BCUT2D eigenvalue weighted by Gasteiger charge is 2.16. The van der Waals surface area contributed by atoms with Crippen LogP contribution in [0.4, 0.5) is 0 Å². The first-order valence-corrected chi connectivity index (χ1v) is 8.21. The lowest BCUT2D eigenvalue weighted by Gasteiger charge is -2.20. The Morgan fingerprint density at radius 1 is 1.38 bits per heavy atom. The Kier molecular flexibility index (Phi) is 5.60. The molecule has 0 spiro atoms. The molecule has 0 saturated heterocycles. The molecule has 0 fully saturated rings. The van der Waals surface area contributed by atoms with Crippen molar-refractivity contribution >= 4 is 34.4 Å². The van der Waals surface area contributed by atoms with E-state index in [4.69, 9.17) is 5.11 Å². The summed E-state index contributed by atoms with van der Waals surface area (Å²) in [5.41, 5.74) is 0.831. The average molecular weight is 324 g/mol. The van der Waals surface area contributed by atoms with Gasteiger partial charge in [-0.25, -0.2) is 4.98 Å². The number of hydrogen-bond donors (Lipinski definition) is 1. The van der Waals surface area contributed by atoms with Gasteiger partial charge in [-0.05, 0) is 23.9 Å². The first-order valence-electron chi connectivity index (χ1n) is 6.45. The van der Waals surface area contributed by atoms with Gasteiger partial charge in [-0.15, -0.1) is 22.7 Å². The molecule has 0 aliphatic carbocycles. The number of ketones is 1.